The highest BCUT2D eigenvalue weighted by atomic mass is 16.5. The monoisotopic (exact) mass is 670 g/mol. The van der Waals surface area contributed by atoms with E-state index in [2.05, 4.69) is 34.3 Å². The number of fused-ring (bicyclic) bond motifs is 7. The van der Waals surface area contributed by atoms with Crippen LogP contribution in [0.1, 0.15) is 132 Å². The predicted molar refractivity (Wildman–Crippen MR) is 183 cm³/mol. The molecule has 0 radical (unpaired) electrons. The van der Waals surface area contributed by atoms with Crippen LogP contribution in [0.4, 0.5) is 0 Å². The van der Waals surface area contributed by atoms with Crippen LogP contribution < -0.4 is 0 Å². The molecule has 5 fully saturated rings. The molecule has 0 saturated heterocycles. The molecule has 0 aromatic carbocycles. The standard InChI is InChI=1S/C40H62O8/c1-23(2)24-14-18-40(22-47-32(43)21-36(3,4)34(44)45)19-15-25-26-11-13-29-38(7,8)30(48-35(46)37(5,6)20-31(41)42)16-17-39(29,9)28(26)12-10-27(25)33(24)40/h24-30,33H,1,10-22H2,2-9H3,(H,41,42)(H,44,45)/t24-,25?,26?,27?,28?,29?,30-,33?,39+,40-/m0/s1. The van der Waals surface area contributed by atoms with Crippen molar-refractivity contribution in [2.75, 3.05) is 6.61 Å². The van der Waals surface area contributed by atoms with Gasteiger partial charge in [0.2, 0.25) is 0 Å². The normalized spacial score (nSPS) is 38.8. The second-order valence-corrected chi connectivity index (χ2v) is 19.0. The maximum absolute atomic E-state index is 13.2. The van der Waals surface area contributed by atoms with Gasteiger partial charge in [0.25, 0.3) is 0 Å². The number of aliphatic carboxylic acids is 2. The number of allylic oxidation sites excluding steroid dienone is 1. The number of hydrogen-bond donors (Lipinski definition) is 2. The lowest BCUT2D eigenvalue weighted by Crippen LogP contribution is -2.60. The van der Waals surface area contributed by atoms with Crippen molar-refractivity contribution in [2.24, 2.45) is 68.5 Å². The van der Waals surface area contributed by atoms with Crippen LogP contribution >= 0.6 is 0 Å². The van der Waals surface area contributed by atoms with Crippen LogP contribution in [0.25, 0.3) is 0 Å². The first-order valence-electron chi connectivity index (χ1n) is 18.6. The topological polar surface area (TPSA) is 127 Å². The number of carbonyl (C=O) groups is 4. The number of ether oxygens (including phenoxy) is 2. The summed E-state index contributed by atoms with van der Waals surface area (Å²) in [5, 5.41) is 18.9. The molecule has 6 unspecified atom stereocenters. The van der Waals surface area contributed by atoms with E-state index < -0.39 is 34.7 Å². The Balaban J connectivity index is 1.32. The lowest BCUT2D eigenvalue weighted by atomic mass is 9.40. The molecule has 48 heavy (non-hydrogen) atoms. The Morgan fingerprint density at radius 3 is 2.06 bits per heavy atom. The van der Waals surface area contributed by atoms with Crippen LogP contribution in [0.3, 0.4) is 0 Å². The minimum atomic E-state index is -1.15. The minimum absolute atomic E-state index is 0.0694. The lowest BCUT2D eigenvalue weighted by Gasteiger charge is -2.65. The molecular weight excluding hydrogens is 608 g/mol. The zero-order valence-corrected chi connectivity index (χ0v) is 30.9. The van der Waals surface area contributed by atoms with Crippen molar-refractivity contribution in [1.82, 2.24) is 0 Å². The number of hydrogen-bond acceptors (Lipinski definition) is 6. The van der Waals surface area contributed by atoms with Crippen LogP contribution in [0.15, 0.2) is 12.2 Å². The Labute approximate surface area is 288 Å². The van der Waals surface area contributed by atoms with E-state index in [-0.39, 0.29) is 35.2 Å². The molecule has 270 valence electrons. The van der Waals surface area contributed by atoms with Crippen LogP contribution in [-0.4, -0.2) is 46.8 Å². The maximum Gasteiger partial charge on any atom is 0.312 e. The molecule has 0 heterocycles. The molecule has 0 spiro atoms. The summed E-state index contributed by atoms with van der Waals surface area (Å²) in [6.07, 6.45) is 10.2. The fourth-order valence-corrected chi connectivity index (χ4v) is 12.3. The summed E-state index contributed by atoms with van der Waals surface area (Å²) in [6, 6.07) is 0. The molecule has 8 heteroatoms. The quantitative estimate of drug-likeness (QED) is 0.176. The van der Waals surface area contributed by atoms with Gasteiger partial charge in [0.05, 0.1) is 30.3 Å². The number of rotatable bonds is 10. The summed E-state index contributed by atoms with van der Waals surface area (Å²) in [6.45, 7) is 20.5. The second-order valence-electron chi connectivity index (χ2n) is 19.0. The van der Waals surface area contributed by atoms with E-state index in [1.54, 1.807) is 27.7 Å². The zero-order valence-electron chi connectivity index (χ0n) is 30.9. The van der Waals surface area contributed by atoms with E-state index in [4.69, 9.17) is 9.47 Å². The molecule has 5 aliphatic rings. The van der Waals surface area contributed by atoms with Gasteiger partial charge in [0.1, 0.15) is 6.10 Å². The van der Waals surface area contributed by atoms with E-state index >= 15 is 0 Å². The molecule has 10 atom stereocenters. The SMILES string of the molecule is C=C(C)[C@@H]1CC[C@@]2(COC(=O)CC(C)(C)C(=O)O)CCC3C(CCC4C3CCC3C(C)(C)[C@@H](OC(=O)C(C)(C)CC(=O)O)CC[C@]43C)C12. The highest BCUT2D eigenvalue weighted by Crippen LogP contribution is 2.70. The second kappa shape index (κ2) is 12.7. The fraction of sp³-hybridized carbons (Fsp3) is 0.850. The van der Waals surface area contributed by atoms with Crippen molar-refractivity contribution >= 4 is 23.9 Å². The van der Waals surface area contributed by atoms with Gasteiger partial charge in [0, 0.05) is 10.8 Å². The number of carboxylic acid groups (broad SMARTS) is 2. The van der Waals surface area contributed by atoms with E-state index in [1.807, 2.05) is 0 Å². The van der Waals surface area contributed by atoms with E-state index in [0.717, 1.165) is 44.9 Å². The molecular formula is C40H62O8. The van der Waals surface area contributed by atoms with Crippen molar-refractivity contribution in [3.8, 4) is 0 Å². The Kier molecular flexibility index (Phi) is 9.79. The molecule has 2 N–H and O–H groups in total. The minimum Gasteiger partial charge on any atom is -0.481 e. The number of carbonyl (C=O) groups excluding carboxylic acids is 2. The third-order valence-electron chi connectivity index (χ3n) is 14.8. The Bertz CT molecular complexity index is 1310. The highest BCUT2D eigenvalue weighted by Gasteiger charge is 2.64. The van der Waals surface area contributed by atoms with Gasteiger partial charge in [-0.05, 0) is 146 Å². The lowest BCUT2D eigenvalue weighted by molar-refractivity contribution is -0.205. The molecule has 5 saturated carbocycles. The van der Waals surface area contributed by atoms with Gasteiger partial charge in [-0.2, -0.15) is 0 Å². The highest BCUT2D eigenvalue weighted by molar-refractivity contribution is 5.82. The van der Waals surface area contributed by atoms with Gasteiger partial charge >= 0.3 is 23.9 Å². The van der Waals surface area contributed by atoms with Gasteiger partial charge < -0.3 is 19.7 Å². The molecule has 0 bridgehead atoms. The molecule has 0 aromatic rings. The Hall–Kier alpha value is -2.38. The number of carboxylic acids is 2. The van der Waals surface area contributed by atoms with E-state index in [0.29, 0.717) is 48.0 Å². The predicted octanol–water partition coefficient (Wildman–Crippen LogP) is 8.32. The van der Waals surface area contributed by atoms with Crippen molar-refractivity contribution in [1.29, 1.82) is 0 Å². The van der Waals surface area contributed by atoms with E-state index in [1.165, 1.54) is 24.8 Å². The summed E-state index contributed by atoms with van der Waals surface area (Å²) in [7, 11) is 0. The zero-order chi connectivity index (χ0) is 35.6. The molecule has 0 amide bonds. The smallest absolute Gasteiger partial charge is 0.312 e. The van der Waals surface area contributed by atoms with Crippen LogP contribution in [0.2, 0.25) is 0 Å². The average molecular weight is 671 g/mol. The summed E-state index contributed by atoms with van der Waals surface area (Å²) in [5.41, 5.74) is -1.10. The molecule has 0 aromatic heterocycles. The van der Waals surface area contributed by atoms with E-state index in [9.17, 15) is 29.4 Å². The van der Waals surface area contributed by atoms with Crippen molar-refractivity contribution in [2.45, 2.75) is 139 Å². The first kappa shape index (κ1) is 36.9. The average Bonchev–Trinajstić information content (AvgIpc) is 3.37. The van der Waals surface area contributed by atoms with Crippen molar-refractivity contribution in [3.05, 3.63) is 12.2 Å². The Morgan fingerprint density at radius 1 is 0.792 bits per heavy atom. The Morgan fingerprint density at radius 2 is 1.44 bits per heavy atom. The summed E-state index contributed by atoms with van der Waals surface area (Å²) in [5.74, 6) is 0.938. The third kappa shape index (κ3) is 6.36. The molecule has 5 rings (SSSR count). The van der Waals surface area contributed by atoms with Crippen LogP contribution in [-0.2, 0) is 28.7 Å². The van der Waals surface area contributed by atoms with Gasteiger partial charge in [-0.15, -0.1) is 0 Å². The molecule has 5 aliphatic carbocycles. The largest absolute Gasteiger partial charge is 0.481 e. The maximum atomic E-state index is 13.2. The van der Waals surface area contributed by atoms with Crippen molar-refractivity contribution in [3.63, 3.8) is 0 Å². The number of esters is 2. The third-order valence-corrected chi connectivity index (χ3v) is 14.8. The van der Waals surface area contributed by atoms with Gasteiger partial charge in [-0.25, -0.2) is 0 Å². The molecule has 8 nitrogen and oxygen atoms in total. The van der Waals surface area contributed by atoms with Gasteiger partial charge in [0.15, 0.2) is 0 Å². The fourth-order valence-electron chi connectivity index (χ4n) is 12.3. The van der Waals surface area contributed by atoms with Gasteiger partial charge in [-0.3, -0.25) is 19.2 Å². The van der Waals surface area contributed by atoms with Crippen molar-refractivity contribution < 1.29 is 38.9 Å². The first-order valence-corrected chi connectivity index (χ1v) is 18.6. The summed E-state index contributed by atoms with van der Waals surface area (Å²) in [4.78, 5) is 49.2. The van der Waals surface area contributed by atoms with Gasteiger partial charge in [-0.1, -0.05) is 32.9 Å². The van der Waals surface area contributed by atoms with Crippen LogP contribution in [0, 0.1) is 68.5 Å². The summed E-state index contributed by atoms with van der Waals surface area (Å²) >= 11 is 0. The first-order chi connectivity index (χ1) is 22.2. The molecule has 0 aliphatic heterocycles. The summed E-state index contributed by atoms with van der Waals surface area (Å²) < 4.78 is 12.2. The van der Waals surface area contributed by atoms with Crippen LogP contribution in [0.5, 0.6) is 0 Å².